The van der Waals surface area contributed by atoms with Crippen molar-refractivity contribution in [3.05, 3.63) is 0 Å². The number of rotatable bonds is 3. The normalized spacial score (nSPS) is 44.8. The Hall–Kier alpha value is -0.240. The maximum Gasteiger partial charge on any atom is 0.0779 e. The van der Waals surface area contributed by atoms with Gasteiger partial charge < -0.3 is 10.5 Å². The minimum atomic E-state index is -0.0232. The van der Waals surface area contributed by atoms with Crippen LogP contribution in [0.3, 0.4) is 0 Å². The van der Waals surface area contributed by atoms with Crippen LogP contribution in [0, 0.1) is 17.8 Å². The first kappa shape index (κ1) is 18.1. The number of fused-ring (bicyclic) bond motifs is 1. The zero-order valence-electron chi connectivity index (χ0n) is 15.8. The molecule has 25 heavy (non-hydrogen) atoms. The summed E-state index contributed by atoms with van der Waals surface area (Å²) < 4.78 is 5.59. The van der Waals surface area contributed by atoms with Crippen LogP contribution in [0.15, 0.2) is 0 Å². The number of hydrogen-bond acceptors (Lipinski definition) is 6. The van der Waals surface area contributed by atoms with Crippen molar-refractivity contribution >= 4 is 0 Å². The summed E-state index contributed by atoms with van der Waals surface area (Å²) in [4.78, 5) is 2.78. The molecule has 2 aliphatic carbocycles. The summed E-state index contributed by atoms with van der Waals surface area (Å²) in [6, 6.07) is 0.741. The van der Waals surface area contributed by atoms with Gasteiger partial charge in [-0.05, 0) is 50.4 Å². The van der Waals surface area contributed by atoms with Crippen LogP contribution in [-0.4, -0.2) is 54.7 Å². The van der Waals surface area contributed by atoms with Gasteiger partial charge in [0.05, 0.1) is 25.1 Å². The molecule has 0 radical (unpaired) electrons. The molecule has 0 spiro atoms. The second-order valence-corrected chi connectivity index (χ2v) is 8.81. The highest BCUT2D eigenvalue weighted by molar-refractivity contribution is 5.02. The van der Waals surface area contributed by atoms with Crippen LogP contribution in [0.25, 0.3) is 0 Å². The number of ether oxygens (including phenoxy) is 1. The number of likely N-dealkylation sites (tertiary alicyclic amines) is 1. The first-order chi connectivity index (χ1) is 12.2. The van der Waals surface area contributed by atoms with Crippen LogP contribution < -0.4 is 16.9 Å². The minimum absolute atomic E-state index is 0.0232. The van der Waals surface area contributed by atoms with Crippen molar-refractivity contribution in [1.29, 1.82) is 0 Å². The molecule has 5 N–H and O–H groups in total. The van der Waals surface area contributed by atoms with Crippen molar-refractivity contribution in [1.82, 2.24) is 15.2 Å². The van der Waals surface area contributed by atoms with Crippen LogP contribution in [0.2, 0.25) is 0 Å². The lowest BCUT2D eigenvalue weighted by molar-refractivity contribution is -0.00733. The molecule has 0 bridgehead atoms. The average molecular weight is 352 g/mol. The van der Waals surface area contributed by atoms with Gasteiger partial charge in [-0.1, -0.05) is 19.3 Å². The molecule has 144 valence electrons. The van der Waals surface area contributed by atoms with Crippen molar-refractivity contribution in [3.63, 3.8) is 0 Å². The molecule has 4 atom stereocenters. The van der Waals surface area contributed by atoms with E-state index >= 15 is 0 Å². The van der Waals surface area contributed by atoms with E-state index < -0.39 is 0 Å². The molecular formula is C19H37N5O. The lowest BCUT2D eigenvalue weighted by Gasteiger charge is -2.45. The third kappa shape index (κ3) is 3.49. The summed E-state index contributed by atoms with van der Waals surface area (Å²) in [5, 5.41) is 5.54. The Labute approximate surface area is 152 Å². The molecule has 4 unspecified atom stereocenters. The van der Waals surface area contributed by atoms with Crippen molar-refractivity contribution < 1.29 is 4.74 Å². The molecule has 2 heterocycles. The fourth-order valence-electron chi connectivity index (χ4n) is 6.16. The van der Waals surface area contributed by atoms with Crippen molar-refractivity contribution in [2.45, 2.75) is 82.3 Å². The van der Waals surface area contributed by atoms with E-state index in [9.17, 15) is 0 Å². The van der Waals surface area contributed by atoms with Gasteiger partial charge in [0.25, 0.3) is 0 Å². The smallest absolute Gasteiger partial charge is 0.0779 e. The van der Waals surface area contributed by atoms with Gasteiger partial charge in [-0.15, -0.1) is 0 Å². The molecule has 2 saturated heterocycles. The molecule has 2 saturated carbocycles. The maximum absolute atomic E-state index is 6.62. The van der Waals surface area contributed by atoms with Gasteiger partial charge >= 0.3 is 0 Å². The Kier molecular flexibility index (Phi) is 5.65. The number of nitrogens with two attached hydrogens (primary N) is 2. The quantitative estimate of drug-likeness (QED) is 0.668. The molecule has 0 aromatic carbocycles. The van der Waals surface area contributed by atoms with E-state index in [1.807, 2.05) is 12.1 Å². The number of methoxy groups -OCH3 is 1. The molecule has 4 rings (SSSR count). The summed E-state index contributed by atoms with van der Waals surface area (Å²) in [5.41, 5.74) is 6.62. The van der Waals surface area contributed by atoms with Gasteiger partial charge in [-0.3, -0.25) is 16.1 Å². The summed E-state index contributed by atoms with van der Waals surface area (Å²) in [5.74, 6) is 8.09. The summed E-state index contributed by atoms with van der Waals surface area (Å²) >= 11 is 0. The van der Waals surface area contributed by atoms with E-state index in [-0.39, 0.29) is 6.17 Å². The van der Waals surface area contributed by atoms with Gasteiger partial charge in [-0.25, -0.2) is 5.01 Å². The van der Waals surface area contributed by atoms with Gasteiger partial charge in [0.1, 0.15) is 0 Å². The van der Waals surface area contributed by atoms with Gasteiger partial charge in [0.2, 0.25) is 0 Å². The highest BCUT2D eigenvalue weighted by atomic mass is 16.5. The summed E-state index contributed by atoms with van der Waals surface area (Å²) in [7, 11) is 1.86. The maximum atomic E-state index is 6.62. The zero-order valence-corrected chi connectivity index (χ0v) is 15.8. The van der Waals surface area contributed by atoms with Gasteiger partial charge in [0.15, 0.2) is 0 Å². The van der Waals surface area contributed by atoms with E-state index in [1.54, 1.807) is 0 Å². The third-order valence-electron chi connectivity index (χ3n) is 7.60. The first-order valence-corrected chi connectivity index (χ1v) is 10.5. The highest BCUT2D eigenvalue weighted by Gasteiger charge is 2.52. The molecule has 6 heteroatoms. The molecule has 6 nitrogen and oxygen atoms in total. The first-order valence-electron chi connectivity index (χ1n) is 10.5. The zero-order chi connectivity index (χ0) is 17.4. The fourth-order valence-corrected chi connectivity index (χ4v) is 6.16. The minimum Gasteiger partial charge on any atom is -0.381 e. The summed E-state index contributed by atoms with van der Waals surface area (Å²) in [6.45, 7) is 1.91. The molecule has 2 aliphatic heterocycles. The predicted octanol–water partition coefficient (Wildman–Crippen LogP) is 1.42. The van der Waals surface area contributed by atoms with Crippen LogP contribution in [0.4, 0.5) is 0 Å². The Morgan fingerprint density at radius 2 is 1.72 bits per heavy atom. The Balaban J connectivity index is 1.51. The molecule has 0 amide bonds. The Bertz CT molecular complexity index is 436. The number of nitrogens with one attached hydrogen (secondary N) is 1. The Morgan fingerprint density at radius 3 is 2.40 bits per heavy atom. The van der Waals surface area contributed by atoms with Crippen LogP contribution >= 0.6 is 0 Å². The second-order valence-electron chi connectivity index (χ2n) is 8.81. The van der Waals surface area contributed by atoms with Crippen LogP contribution in [0.1, 0.15) is 57.8 Å². The topological polar surface area (TPSA) is 79.8 Å². The van der Waals surface area contributed by atoms with E-state index in [0.29, 0.717) is 30.8 Å². The van der Waals surface area contributed by atoms with E-state index in [4.69, 9.17) is 16.3 Å². The van der Waals surface area contributed by atoms with E-state index in [2.05, 4.69) is 10.2 Å². The number of nitrogens with zero attached hydrogens (tertiary/aromatic N) is 2. The monoisotopic (exact) mass is 351 g/mol. The fraction of sp³-hybridized carbons (Fsp3) is 1.00. The predicted molar refractivity (Wildman–Crippen MR) is 99.1 cm³/mol. The summed E-state index contributed by atoms with van der Waals surface area (Å²) in [6.07, 6.45) is 12.7. The molecule has 4 aliphatic rings. The molecule has 0 aromatic rings. The highest BCUT2D eigenvalue weighted by Crippen LogP contribution is 2.45. The second kappa shape index (κ2) is 7.79. The molecule has 0 aromatic heterocycles. The number of hydrazine groups is 1. The lowest BCUT2D eigenvalue weighted by Crippen LogP contribution is -2.67. The van der Waals surface area contributed by atoms with Crippen LogP contribution in [0.5, 0.6) is 0 Å². The Morgan fingerprint density at radius 1 is 1.00 bits per heavy atom. The SMILES string of the molecule is COC1CCC(C2CN(C3CCCCC3)C3NCN(N)C(N)C23)CC1. The van der Waals surface area contributed by atoms with Crippen molar-refractivity contribution in [2.75, 3.05) is 20.3 Å². The van der Waals surface area contributed by atoms with Gasteiger partial charge in [-0.2, -0.15) is 0 Å². The standard InChI is InChI=1S/C19H37N5O/c1-25-15-9-7-13(8-10-15)16-11-23(14-5-3-2-4-6-14)19-17(16)18(20)24(21)12-22-19/h13-19,22H,2-12,20-21H2,1H3. The van der Waals surface area contributed by atoms with Crippen molar-refractivity contribution in [2.24, 2.45) is 29.3 Å². The number of hydrogen-bond donors (Lipinski definition) is 3. The van der Waals surface area contributed by atoms with Crippen molar-refractivity contribution in [3.8, 4) is 0 Å². The lowest BCUT2D eigenvalue weighted by atomic mass is 9.73. The molecule has 4 fully saturated rings. The van der Waals surface area contributed by atoms with Gasteiger partial charge in [0, 0.05) is 25.6 Å². The van der Waals surface area contributed by atoms with E-state index in [0.717, 1.165) is 12.0 Å². The largest absolute Gasteiger partial charge is 0.381 e. The van der Waals surface area contributed by atoms with E-state index in [1.165, 1.54) is 64.3 Å². The third-order valence-corrected chi connectivity index (χ3v) is 7.60. The molecular weight excluding hydrogens is 314 g/mol. The average Bonchev–Trinajstić information content (AvgIpc) is 3.06. The van der Waals surface area contributed by atoms with Crippen LogP contribution in [-0.2, 0) is 4.74 Å².